The summed E-state index contributed by atoms with van der Waals surface area (Å²) >= 11 is 1.72. The summed E-state index contributed by atoms with van der Waals surface area (Å²) in [6.07, 6.45) is 10.5. The van der Waals surface area contributed by atoms with E-state index in [-0.39, 0.29) is 11.9 Å². The van der Waals surface area contributed by atoms with E-state index in [1.807, 2.05) is 18.0 Å². The van der Waals surface area contributed by atoms with Gasteiger partial charge in [-0.15, -0.1) is 17.8 Å². The Morgan fingerprint density at radius 1 is 1.24 bits per heavy atom. The predicted octanol–water partition coefficient (Wildman–Crippen LogP) is 3.78. The van der Waals surface area contributed by atoms with Gasteiger partial charge < -0.3 is 4.90 Å². The molecule has 4 heteroatoms. The normalized spacial score (nSPS) is 20.6. The van der Waals surface area contributed by atoms with Crippen LogP contribution in [0.5, 0.6) is 0 Å². The first-order valence-electron chi connectivity index (χ1n) is 8.96. The number of benzene rings is 1. The maximum Gasteiger partial charge on any atom is 0.227 e. The molecule has 0 radical (unpaired) electrons. The number of terminal acetylenes is 1. The van der Waals surface area contributed by atoms with E-state index in [0.717, 1.165) is 18.4 Å². The van der Waals surface area contributed by atoms with E-state index >= 15 is 0 Å². The quantitative estimate of drug-likeness (QED) is 0.763. The summed E-state index contributed by atoms with van der Waals surface area (Å²) in [5.41, 5.74) is 1.12. The van der Waals surface area contributed by atoms with Gasteiger partial charge in [-0.25, -0.2) is 0 Å². The summed E-state index contributed by atoms with van der Waals surface area (Å²) in [6, 6.07) is 8.96. The first kappa shape index (κ1) is 18.0. The zero-order valence-electron chi connectivity index (χ0n) is 15.1. The number of nitrogens with zero attached hydrogens (tertiary/aromatic N) is 2. The number of likely N-dealkylation sites (N-methyl/N-ethyl adjacent to an activating group) is 2. The molecule has 132 valence electrons. The lowest BCUT2D eigenvalue weighted by Gasteiger charge is -2.42. The molecule has 1 aliphatic carbocycles. The fraction of sp³-hybridized carbons (Fsp3) is 0.476. The fourth-order valence-corrected chi connectivity index (χ4v) is 4.84. The van der Waals surface area contributed by atoms with Crippen LogP contribution in [0, 0.1) is 12.3 Å². The second-order valence-electron chi connectivity index (χ2n) is 6.97. The number of thiophene rings is 1. The maximum atomic E-state index is 13.0. The van der Waals surface area contributed by atoms with Gasteiger partial charge in [0.15, 0.2) is 0 Å². The molecule has 1 aromatic carbocycles. The van der Waals surface area contributed by atoms with Gasteiger partial charge in [-0.05, 0) is 48.4 Å². The first-order valence-corrected chi connectivity index (χ1v) is 9.84. The summed E-state index contributed by atoms with van der Waals surface area (Å²) in [6.45, 7) is 0.636. The highest BCUT2D eigenvalue weighted by Gasteiger charge is 2.33. The van der Waals surface area contributed by atoms with Gasteiger partial charge in [0.2, 0.25) is 5.91 Å². The van der Waals surface area contributed by atoms with E-state index in [0.29, 0.717) is 19.0 Å². The van der Waals surface area contributed by atoms with Crippen LogP contribution in [0.4, 0.5) is 0 Å². The van der Waals surface area contributed by atoms with Crippen molar-refractivity contribution >= 4 is 27.3 Å². The fourth-order valence-electron chi connectivity index (χ4n) is 4.00. The van der Waals surface area contributed by atoms with E-state index in [9.17, 15) is 4.79 Å². The van der Waals surface area contributed by atoms with Gasteiger partial charge in [0.25, 0.3) is 0 Å². The van der Waals surface area contributed by atoms with Crippen molar-refractivity contribution in [2.24, 2.45) is 0 Å². The molecule has 0 bridgehead atoms. The molecule has 1 aromatic heterocycles. The van der Waals surface area contributed by atoms with Crippen molar-refractivity contribution < 1.29 is 4.79 Å². The number of amides is 1. The Kier molecular flexibility index (Phi) is 5.78. The molecule has 1 amide bonds. The molecule has 3 rings (SSSR count). The van der Waals surface area contributed by atoms with E-state index in [1.165, 1.54) is 22.9 Å². The van der Waals surface area contributed by atoms with Gasteiger partial charge in [0.05, 0.1) is 13.0 Å². The van der Waals surface area contributed by atoms with Gasteiger partial charge in [-0.1, -0.05) is 30.9 Å². The Morgan fingerprint density at radius 3 is 2.76 bits per heavy atom. The number of hydrogen-bond donors (Lipinski definition) is 0. The van der Waals surface area contributed by atoms with Crippen LogP contribution in [0.25, 0.3) is 10.1 Å². The number of carbonyl (C=O) groups excluding carboxylic acids is 1. The maximum absolute atomic E-state index is 13.0. The molecule has 1 saturated carbocycles. The van der Waals surface area contributed by atoms with Crippen molar-refractivity contribution in [3.63, 3.8) is 0 Å². The number of fused-ring (bicyclic) bond motifs is 1. The average Bonchev–Trinajstić information content (AvgIpc) is 3.11. The second kappa shape index (κ2) is 8.03. The standard InChI is InChI=1S/C21H26N2OS/c1-4-13-22(2)18-9-5-6-10-19(18)23(3)21(24)15-16-8-7-11-20-17(16)12-14-25-20/h1,7-8,11-12,14,18-19H,5-6,9-10,13,15H2,2-3H3. The molecule has 1 aliphatic rings. The third-order valence-electron chi connectivity index (χ3n) is 5.42. The Morgan fingerprint density at radius 2 is 2.00 bits per heavy atom. The summed E-state index contributed by atoms with van der Waals surface area (Å²) in [4.78, 5) is 17.2. The molecule has 0 N–H and O–H groups in total. The molecule has 0 spiro atoms. The molecule has 0 saturated heterocycles. The highest BCUT2D eigenvalue weighted by atomic mass is 32.1. The van der Waals surface area contributed by atoms with Crippen LogP contribution in [-0.2, 0) is 11.2 Å². The Hall–Kier alpha value is -1.83. The van der Waals surface area contributed by atoms with Gasteiger partial charge >= 0.3 is 0 Å². The van der Waals surface area contributed by atoms with E-state index in [4.69, 9.17) is 6.42 Å². The molecule has 2 atom stereocenters. The first-order chi connectivity index (χ1) is 12.1. The minimum absolute atomic E-state index is 0.199. The summed E-state index contributed by atoms with van der Waals surface area (Å²) < 4.78 is 1.25. The SMILES string of the molecule is C#CCN(C)C1CCCCC1N(C)C(=O)Cc1cccc2sccc12. The smallest absolute Gasteiger partial charge is 0.227 e. The summed E-state index contributed by atoms with van der Waals surface area (Å²) in [5.74, 6) is 2.93. The molecule has 25 heavy (non-hydrogen) atoms. The van der Waals surface area contributed by atoms with Crippen LogP contribution in [-0.4, -0.2) is 48.4 Å². The van der Waals surface area contributed by atoms with Gasteiger partial charge in [0, 0.05) is 23.8 Å². The van der Waals surface area contributed by atoms with Crippen molar-refractivity contribution in [3.8, 4) is 12.3 Å². The van der Waals surface area contributed by atoms with Crippen molar-refractivity contribution in [2.75, 3.05) is 20.6 Å². The summed E-state index contributed by atoms with van der Waals surface area (Å²) in [7, 11) is 4.04. The lowest BCUT2D eigenvalue weighted by molar-refractivity contribution is -0.133. The van der Waals surface area contributed by atoms with E-state index in [2.05, 4.69) is 41.4 Å². The number of carbonyl (C=O) groups is 1. The lowest BCUT2D eigenvalue weighted by atomic mass is 9.88. The highest BCUT2D eigenvalue weighted by molar-refractivity contribution is 7.17. The van der Waals surface area contributed by atoms with Crippen LogP contribution in [0.15, 0.2) is 29.6 Å². The Labute approximate surface area is 154 Å². The molecular weight excluding hydrogens is 328 g/mol. The number of rotatable bonds is 5. The number of hydrogen-bond acceptors (Lipinski definition) is 3. The minimum atomic E-state index is 0.199. The van der Waals surface area contributed by atoms with Crippen molar-refractivity contribution in [1.82, 2.24) is 9.80 Å². The molecular formula is C21H26N2OS. The summed E-state index contributed by atoms with van der Waals surface area (Å²) in [5, 5.41) is 3.30. The molecule has 1 heterocycles. The molecule has 2 aromatic rings. The van der Waals surface area contributed by atoms with Crippen LogP contribution in [0.2, 0.25) is 0 Å². The van der Waals surface area contributed by atoms with E-state index in [1.54, 1.807) is 11.3 Å². The monoisotopic (exact) mass is 354 g/mol. The largest absolute Gasteiger partial charge is 0.341 e. The van der Waals surface area contributed by atoms with Gasteiger partial charge in [-0.2, -0.15) is 0 Å². The van der Waals surface area contributed by atoms with Gasteiger partial charge in [-0.3, -0.25) is 9.69 Å². The van der Waals surface area contributed by atoms with Crippen molar-refractivity contribution in [3.05, 3.63) is 35.2 Å². The van der Waals surface area contributed by atoms with Crippen LogP contribution in [0.1, 0.15) is 31.2 Å². The minimum Gasteiger partial charge on any atom is -0.341 e. The highest BCUT2D eigenvalue weighted by Crippen LogP contribution is 2.28. The second-order valence-corrected chi connectivity index (χ2v) is 7.92. The molecule has 2 unspecified atom stereocenters. The zero-order chi connectivity index (χ0) is 17.8. The average molecular weight is 355 g/mol. The van der Waals surface area contributed by atoms with Crippen molar-refractivity contribution in [1.29, 1.82) is 0 Å². The molecule has 1 fully saturated rings. The third kappa shape index (κ3) is 3.89. The van der Waals surface area contributed by atoms with Gasteiger partial charge in [0.1, 0.15) is 0 Å². The lowest BCUT2D eigenvalue weighted by Crippen LogP contribution is -2.53. The van der Waals surface area contributed by atoms with Crippen LogP contribution in [0.3, 0.4) is 0 Å². The third-order valence-corrected chi connectivity index (χ3v) is 6.30. The molecule has 0 aliphatic heterocycles. The van der Waals surface area contributed by atoms with E-state index < -0.39 is 0 Å². The van der Waals surface area contributed by atoms with Crippen molar-refractivity contribution in [2.45, 2.75) is 44.2 Å². The Bertz CT molecular complexity index is 776. The topological polar surface area (TPSA) is 23.6 Å². The van der Waals surface area contributed by atoms with Crippen LogP contribution < -0.4 is 0 Å². The zero-order valence-corrected chi connectivity index (χ0v) is 15.9. The molecule has 3 nitrogen and oxygen atoms in total. The Balaban J connectivity index is 1.74. The predicted molar refractivity (Wildman–Crippen MR) is 106 cm³/mol. The van der Waals surface area contributed by atoms with Crippen LogP contribution >= 0.6 is 11.3 Å².